The summed E-state index contributed by atoms with van der Waals surface area (Å²) in [4.78, 5) is 67.3. The number of nitrogens with zero attached hydrogens (tertiary/aromatic N) is 4. The monoisotopic (exact) mass is 1070 g/mol. The Bertz CT molecular complexity index is 1880. The Balaban J connectivity index is -0.000000820. The molecule has 3 fully saturated rings. The molecule has 0 aromatic heterocycles. The first-order valence-electron chi connectivity index (χ1n) is 24.0. The molecule has 3 heterocycles. The summed E-state index contributed by atoms with van der Waals surface area (Å²) < 4.78 is 10.6. The maximum Gasteiger partial charge on any atom is 2.00 e. The number of carbonyl (C=O) groups excluding carboxylic acids is 5. The molecule has 396 valence electrons. The van der Waals surface area contributed by atoms with Gasteiger partial charge in [0.2, 0.25) is 0 Å². The Kier molecular flexibility index (Phi) is 36.3. The summed E-state index contributed by atoms with van der Waals surface area (Å²) in [6.07, 6.45) is 8.23. The van der Waals surface area contributed by atoms with Crippen molar-refractivity contribution >= 4 is 52.7 Å². The molecular formula is C55H88BrMgN5O9. The second kappa shape index (κ2) is 36.1. The molecule has 16 heteroatoms. The Hall–Kier alpha value is -3.90. The van der Waals surface area contributed by atoms with Crippen molar-refractivity contribution in [2.75, 3.05) is 33.8 Å². The summed E-state index contributed by atoms with van der Waals surface area (Å²) in [5.41, 5.74) is 6.47. The van der Waals surface area contributed by atoms with Crippen molar-refractivity contribution in [3.63, 3.8) is 0 Å². The molecule has 0 aliphatic carbocycles. The number of ether oxygens (including phenoxy) is 2. The zero-order chi connectivity index (χ0) is 53.1. The minimum Gasteiger partial charge on any atom is -1.00 e. The minimum atomic E-state index is -0.723. The molecule has 3 aliphatic heterocycles. The van der Waals surface area contributed by atoms with Gasteiger partial charge in [-0.05, 0) is 113 Å². The number of nitrogens with two attached hydrogens (primary N) is 1. The molecule has 3 N–H and O–H groups in total. The van der Waals surface area contributed by atoms with E-state index in [1.165, 1.54) is 24.3 Å². The number of benzene rings is 2. The first kappa shape index (κ1) is 71.3. The normalized spacial score (nSPS) is 20.6. The van der Waals surface area contributed by atoms with Crippen LogP contribution in [0.2, 0.25) is 0 Å². The molecule has 0 bridgehead atoms. The summed E-state index contributed by atoms with van der Waals surface area (Å²) >= 11 is 0. The average Bonchev–Trinajstić information content (AvgIpc) is 3.27. The zero-order valence-electron chi connectivity index (χ0n) is 45.6. The zero-order valence-corrected chi connectivity index (χ0v) is 48.6. The van der Waals surface area contributed by atoms with Crippen molar-refractivity contribution in [3.05, 3.63) is 110 Å². The summed E-state index contributed by atoms with van der Waals surface area (Å²) in [5.74, 6) is 0.478. The Morgan fingerprint density at radius 2 is 1.25 bits per heavy atom. The first-order valence-corrected chi connectivity index (χ1v) is 24.0. The Morgan fingerprint density at radius 1 is 0.817 bits per heavy atom. The van der Waals surface area contributed by atoms with Gasteiger partial charge in [0, 0.05) is 88.7 Å². The molecule has 3 saturated heterocycles. The number of piperidine rings is 3. The largest absolute Gasteiger partial charge is 2.00 e. The SMILES string of the molecule is C/C=C/C(=O)N(C)OC.C=CCC1(O)CCN(C(=O)OC(C)(C)C)[C@@H](C)C1.C[C@H](N)c1ccccc1.C[C@H]1CC(=O)CCN1C(=O)OC(C)(C)C.C[C@H]1CC(=O)CCN1[C@@H](C)c1ccccc1.[Br-].[CH-]=C.[Mg+2]. The van der Waals surface area contributed by atoms with E-state index in [1.807, 2.05) is 98.7 Å². The van der Waals surface area contributed by atoms with Crippen LogP contribution in [0.1, 0.15) is 151 Å². The third-order valence-electron chi connectivity index (χ3n) is 11.2. The van der Waals surface area contributed by atoms with E-state index in [0.29, 0.717) is 75.9 Å². The molecule has 0 saturated carbocycles. The van der Waals surface area contributed by atoms with Gasteiger partial charge in [-0.15, -0.1) is 6.58 Å². The topological polar surface area (TPSA) is 172 Å². The van der Waals surface area contributed by atoms with Crippen LogP contribution < -0.4 is 22.7 Å². The van der Waals surface area contributed by atoms with Gasteiger partial charge >= 0.3 is 35.2 Å². The third kappa shape index (κ3) is 29.4. The number of aliphatic hydroxyl groups is 1. The Morgan fingerprint density at radius 3 is 1.62 bits per heavy atom. The van der Waals surface area contributed by atoms with Crippen molar-refractivity contribution in [2.24, 2.45) is 5.73 Å². The number of hydrogen-bond donors (Lipinski definition) is 2. The summed E-state index contributed by atoms with van der Waals surface area (Å²) in [5, 5.41) is 11.5. The van der Waals surface area contributed by atoms with E-state index in [0.717, 1.165) is 11.6 Å². The molecule has 14 nitrogen and oxygen atoms in total. The molecule has 71 heavy (non-hydrogen) atoms. The number of Topliss-reactive ketones (excluding diaryl/α,β-unsaturated/α-hetero) is 2. The van der Waals surface area contributed by atoms with Crippen molar-refractivity contribution < 1.29 is 60.4 Å². The number of likely N-dealkylation sites (tertiary alicyclic amines) is 3. The molecule has 0 radical (unpaired) electrons. The number of halogens is 1. The van der Waals surface area contributed by atoms with Gasteiger partial charge in [-0.25, -0.2) is 14.7 Å². The van der Waals surface area contributed by atoms with E-state index in [-0.39, 0.29) is 82.0 Å². The molecule has 3 aliphatic rings. The number of hydroxylamine groups is 2. The summed E-state index contributed by atoms with van der Waals surface area (Å²) in [6.45, 7) is 35.6. The van der Waals surface area contributed by atoms with Crippen molar-refractivity contribution in [1.82, 2.24) is 19.8 Å². The van der Waals surface area contributed by atoms with Crippen LogP contribution >= 0.6 is 0 Å². The second-order valence-corrected chi connectivity index (χ2v) is 19.6. The number of ketones is 2. The van der Waals surface area contributed by atoms with E-state index in [9.17, 15) is 29.1 Å². The fourth-order valence-corrected chi connectivity index (χ4v) is 7.57. The molecule has 1 unspecified atom stereocenters. The van der Waals surface area contributed by atoms with Gasteiger partial charge in [-0.3, -0.25) is 30.7 Å². The van der Waals surface area contributed by atoms with Crippen LogP contribution in [0.15, 0.2) is 92.0 Å². The van der Waals surface area contributed by atoms with Gasteiger partial charge in [0.1, 0.15) is 22.8 Å². The number of likely N-dealkylation sites (N-methyl/N-ethyl adjacent to an activating group) is 1. The van der Waals surface area contributed by atoms with Crippen LogP contribution in [-0.4, -0.2) is 146 Å². The predicted octanol–water partition coefficient (Wildman–Crippen LogP) is 7.01. The average molecular weight is 1070 g/mol. The van der Waals surface area contributed by atoms with Gasteiger partial charge in [0.05, 0.1) is 12.7 Å². The number of rotatable bonds is 7. The molecule has 0 spiro atoms. The fourth-order valence-electron chi connectivity index (χ4n) is 7.57. The van der Waals surface area contributed by atoms with Crippen molar-refractivity contribution in [1.29, 1.82) is 0 Å². The van der Waals surface area contributed by atoms with Gasteiger partial charge in [0.25, 0.3) is 5.91 Å². The minimum absolute atomic E-state index is 0. The van der Waals surface area contributed by atoms with Crippen molar-refractivity contribution in [3.8, 4) is 0 Å². The van der Waals surface area contributed by atoms with Gasteiger partial charge in [0.15, 0.2) is 0 Å². The second-order valence-electron chi connectivity index (χ2n) is 19.6. The Labute approximate surface area is 454 Å². The molecule has 2 aromatic carbocycles. The molecule has 2 aromatic rings. The number of allylic oxidation sites excluding steroid dienone is 1. The van der Waals surface area contributed by atoms with E-state index in [2.05, 4.69) is 67.6 Å². The molecule has 3 amide bonds. The van der Waals surface area contributed by atoms with Crippen LogP contribution in [0.25, 0.3) is 0 Å². The van der Waals surface area contributed by atoms with Gasteiger partial charge < -0.3 is 53.7 Å². The van der Waals surface area contributed by atoms with Gasteiger partial charge in [-0.2, -0.15) is 0 Å². The van der Waals surface area contributed by atoms with Crippen molar-refractivity contribution in [2.45, 2.75) is 175 Å². The van der Waals surface area contributed by atoms with E-state index < -0.39 is 16.8 Å². The standard InChI is InChI=1S/C14H25NO3.C14H19NO.C11H19NO3.C8H11N.C6H11NO2.C2H3.BrH.Mg/c1-6-7-14(17)8-9-15(11(2)10-14)12(16)18-13(3,4)5;1-11-10-14(16)8-9-15(11)12(2)13-6-4-3-5-7-13;1-8-7-9(13)5-6-12(8)10(14)15-11(2,3)4;1-7(9)8-5-3-2-4-6-8;1-4-5-6(8)7(2)9-3;1-2;;/h6,11,17H,1,7-10H2,2-5H3;3-7,11-12H,8-10H2,1-2H3;8H,5-7H2,1-4H3;2-7H,9H2,1H3;4-5H,1-3H3;1H,2H2;1H;/q;;;;;-1;;+2/p-1/b;;;;5-4+;;;/t11-,14?;11-,12-;8-;7-;;;;/m0000..../s1. The maximum absolute atomic E-state index is 12.0. The fraction of sp³-hybridized carbons (Fsp3) is 0.582. The van der Waals surface area contributed by atoms with E-state index in [4.69, 9.17) is 15.2 Å². The van der Waals surface area contributed by atoms with Gasteiger partial charge in [-0.1, -0.05) is 72.8 Å². The molecule has 6 atom stereocenters. The van der Waals surface area contributed by atoms with E-state index in [1.54, 1.807) is 35.9 Å². The smallest absolute Gasteiger partial charge is 1.00 e. The third-order valence-corrected chi connectivity index (χ3v) is 11.2. The first-order chi connectivity index (χ1) is 32.2. The van der Waals surface area contributed by atoms with Crippen LogP contribution in [0.4, 0.5) is 9.59 Å². The van der Waals surface area contributed by atoms with Crippen LogP contribution in [-0.2, 0) is 28.7 Å². The van der Waals surface area contributed by atoms with E-state index >= 15 is 0 Å². The number of amides is 3. The molecule has 5 rings (SSSR count). The van der Waals surface area contributed by atoms with Crippen LogP contribution in [0.3, 0.4) is 0 Å². The predicted molar refractivity (Wildman–Crippen MR) is 283 cm³/mol. The summed E-state index contributed by atoms with van der Waals surface area (Å²) in [7, 11) is 3.00. The summed E-state index contributed by atoms with van der Waals surface area (Å²) in [6, 6.07) is 21.4. The maximum atomic E-state index is 12.0. The van der Waals surface area contributed by atoms with Crippen LogP contribution in [0.5, 0.6) is 0 Å². The number of hydrogen-bond acceptors (Lipinski definition) is 11. The number of carbonyl (C=O) groups is 5. The molecular weight excluding hydrogens is 979 g/mol. The van der Waals surface area contributed by atoms with Crippen LogP contribution in [0, 0.1) is 6.58 Å². The quantitative estimate of drug-likeness (QED) is 0.0962.